The molecule has 4 aliphatic rings. The van der Waals surface area contributed by atoms with E-state index in [1.54, 1.807) is 19.1 Å². The number of ketones is 4. The molecule has 0 bridgehead atoms. The smallest absolute Gasteiger partial charge is 0.309 e. The van der Waals surface area contributed by atoms with Crippen molar-refractivity contribution in [3.8, 4) is 5.75 Å². The SMILES string of the molecule is C[C@H]1c2cccc(O)c2C(=O)C2C(=O)[C@]3(O)C(=O)C(C(N)=O)C(=O)C[C@@H]3[C@@H](OC(=O)C3CCC3)[C@@H]21. The third kappa shape index (κ3) is 3.05. The highest BCUT2D eigenvalue weighted by molar-refractivity contribution is 6.31. The number of ether oxygens (including phenoxy) is 1. The van der Waals surface area contributed by atoms with Gasteiger partial charge in [0.25, 0.3) is 0 Å². The fourth-order valence-corrected chi connectivity index (χ4v) is 6.32. The van der Waals surface area contributed by atoms with E-state index in [4.69, 9.17) is 10.5 Å². The summed E-state index contributed by atoms with van der Waals surface area (Å²) in [6, 6.07) is 4.44. The van der Waals surface area contributed by atoms with Gasteiger partial charge >= 0.3 is 5.97 Å². The summed E-state index contributed by atoms with van der Waals surface area (Å²) < 4.78 is 5.82. The van der Waals surface area contributed by atoms with E-state index in [1.807, 2.05) is 0 Å². The highest BCUT2D eigenvalue weighted by Gasteiger charge is 2.71. The highest BCUT2D eigenvalue weighted by Crippen LogP contribution is 2.55. The van der Waals surface area contributed by atoms with E-state index in [-0.39, 0.29) is 11.3 Å². The third-order valence-electron chi connectivity index (χ3n) is 8.38. The molecule has 1 aromatic carbocycles. The topological polar surface area (TPSA) is 178 Å². The number of aromatic hydroxyl groups is 1. The fraction of sp³-hybridized carbons (Fsp3) is 0.520. The summed E-state index contributed by atoms with van der Waals surface area (Å²) in [5.74, 6) is -13.6. The molecule has 10 heteroatoms. The molecule has 7 atom stereocenters. The van der Waals surface area contributed by atoms with Gasteiger partial charge in [-0.25, -0.2) is 0 Å². The second-order valence-corrected chi connectivity index (χ2v) is 10.1. The molecule has 3 saturated carbocycles. The van der Waals surface area contributed by atoms with E-state index in [2.05, 4.69) is 0 Å². The van der Waals surface area contributed by atoms with E-state index in [1.165, 1.54) is 6.07 Å². The fourth-order valence-electron chi connectivity index (χ4n) is 6.32. The first-order valence-electron chi connectivity index (χ1n) is 11.7. The van der Waals surface area contributed by atoms with Crippen LogP contribution >= 0.6 is 0 Å². The quantitative estimate of drug-likeness (QED) is 0.400. The number of fused-ring (bicyclic) bond motifs is 3. The molecule has 0 radical (unpaired) electrons. The Hall–Kier alpha value is -3.40. The summed E-state index contributed by atoms with van der Waals surface area (Å²) in [4.78, 5) is 78.1. The van der Waals surface area contributed by atoms with Crippen LogP contribution in [0.1, 0.15) is 54.4 Å². The van der Waals surface area contributed by atoms with Crippen LogP contribution in [0.5, 0.6) is 5.75 Å². The first-order chi connectivity index (χ1) is 16.5. The van der Waals surface area contributed by atoms with Crippen molar-refractivity contribution >= 4 is 35.0 Å². The number of hydrogen-bond donors (Lipinski definition) is 3. The van der Waals surface area contributed by atoms with E-state index in [9.17, 15) is 39.0 Å². The molecule has 4 N–H and O–H groups in total. The summed E-state index contributed by atoms with van der Waals surface area (Å²) in [7, 11) is 0. The number of nitrogens with two attached hydrogens (primary N) is 1. The average molecular weight is 483 g/mol. The molecule has 0 spiro atoms. The Morgan fingerprint density at radius 2 is 1.80 bits per heavy atom. The number of phenolic OH excluding ortho intramolecular Hbond substituents is 1. The first kappa shape index (κ1) is 23.3. The molecule has 2 unspecified atom stereocenters. The number of benzene rings is 1. The Bertz CT molecular complexity index is 1200. The molecule has 0 aliphatic heterocycles. The zero-order valence-corrected chi connectivity index (χ0v) is 18.9. The Kier molecular flexibility index (Phi) is 5.21. The Morgan fingerprint density at radius 3 is 2.40 bits per heavy atom. The van der Waals surface area contributed by atoms with Crippen LogP contribution in [0.25, 0.3) is 0 Å². The molecule has 0 aromatic heterocycles. The molecular weight excluding hydrogens is 458 g/mol. The standard InChI is InChI=1S/C25H25NO9/c1-9-11-6-3-7-13(27)16(11)19(29)18-15(9)20(35-24(33)10-4-2-5-10)12-8-14(28)17(23(26)32)21(30)25(12,34)22(18)31/h3,6-7,9-10,12,15,17-18,20,27,34H,2,4-5,8H2,1H3,(H2,26,32)/t9-,12+,15+,17?,18?,20+,25+/m0/s1. The van der Waals surface area contributed by atoms with Crippen LogP contribution in [0.4, 0.5) is 0 Å². The zero-order valence-electron chi connectivity index (χ0n) is 18.9. The molecule has 0 heterocycles. The van der Waals surface area contributed by atoms with Gasteiger partial charge in [-0.2, -0.15) is 0 Å². The maximum absolute atomic E-state index is 13.7. The first-order valence-corrected chi connectivity index (χ1v) is 11.7. The molecule has 35 heavy (non-hydrogen) atoms. The number of Topliss-reactive ketones (excluding diaryl/α,β-unsaturated/α-hetero) is 4. The number of aliphatic hydroxyl groups is 1. The molecule has 10 nitrogen and oxygen atoms in total. The molecule has 5 rings (SSSR count). The monoisotopic (exact) mass is 483 g/mol. The van der Waals surface area contributed by atoms with Crippen LogP contribution in [0.15, 0.2) is 18.2 Å². The number of carbonyl (C=O) groups excluding carboxylic acids is 6. The maximum Gasteiger partial charge on any atom is 0.309 e. The molecule has 1 aromatic rings. The van der Waals surface area contributed by atoms with Crippen LogP contribution in [0.3, 0.4) is 0 Å². The van der Waals surface area contributed by atoms with Gasteiger partial charge in [-0.15, -0.1) is 0 Å². The number of phenols is 1. The molecule has 3 fully saturated rings. The predicted octanol–water partition coefficient (Wildman–Crippen LogP) is 0.210. The van der Waals surface area contributed by atoms with Crippen molar-refractivity contribution < 1.29 is 43.7 Å². The lowest BCUT2D eigenvalue weighted by atomic mass is 9.50. The molecule has 1 amide bonds. The number of amides is 1. The lowest BCUT2D eigenvalue weighted by molar-refractivity contribution is -0.201. The van der Waals surface area contributed by atoms with Crippen molar-refractivity contribution in [2.24, 2.45) is 35.3 Å². The number of primary amides is 1. The maximum atomic E-state index is 13.7. The summed E-state index contributed by atoms with van der Waals surface area (Å²) >= 11 is 0. The lowest BCUT2D eigenvalue weighted by Crippen LogP contribution is -2.73. The second kappa shape index (κ2) is 7.81. The minimum Gasteiger partial charge on any atom is -0.507 e. The van der Waals surface area contributed by atoms with Crippen LogP contribution in [0.2, 0.25) is 0 Å². The van der Waals surface area contributed by atoms with Crippen molar-refractivity contribution in [1.82, 2.24) is 0 Å². The van der Waals surface area contributed by atoms with Crippen molar-refractivity contribution in [3.63, 3.8) is 0 Å². The zero-order chi connectivity index (χ0) is 25.4. The number of esters is 1. The summed E-state index contributed by atoms with van der Waals surface area (Å²) in [6.07, 6.45) is 0.107. The Labute approximate surface area is 199 Å². The van der Waals surface area contributed by atoms with E-state index in [0.29, 0.717) is 18.4 Å². The van der Waals surface area contributed by atoms with Gasteiger partial charge in [0, 0.05) is 18.3 Å². The van der Waals surface area contributed by atoms with Gasteiger partial charge in [0.2, 0.25) is 5.91 Å². The minimum absolute atomic E-state index is 0.105. The third-order valence-corrected chi connectivity index (χ3v) is 8.38. The van der Waals surface area contributed by atoms with Crippen LogP contribution < -0.4 is 5.73 Å². The van der Waals surface area contributed by atoms with E-state index < -0.39 is 88.6 Å². The van der Waals surface area contributed by atoms with Crippen molar-refractivity contribution in [2.75, 3.05) is 0 Å². The van der Waals surface area contributed by atoms with Crippen molar-refractivity contribution in [3.05, 3.63) is 29.3 Å². The summed E-state index contributed by atoms with van der Waals surface area (Å²) in [5, 5.41) is 21.9. The van der Waals surface area contributed by atoms with Gasteiger partial charge in [-0.1, -0.05) is 25.5 Å². The van der Waals surface area contributed by atoms with Crippen molar-refractivity contribution in [2.45, 2.75) is 50.2 Å². The van der Waals surface area contributed by atoms with Crippen LogP contribution in [0, 0.1) is 29.6 Å². The molecule has 184 valence electrons. The Morgan fingerprint density at radius 1 is 1.11 bits per heavy atom. The van der Waals surface area contributed by atoms with E-state index in [0.717, 1.165) is 6.42 Å². The number of hydrogen-bond acceptors (Lipinski definition) is 9. The number of rotatable bonds is 3. The van der Waals surface area contributed by atoms with Gasteiger partial charge in [-0.05, 0) is 30.4 Å². The van der Waals surface area contributed by atoms with Crippen molar-refractivity contribution in [1.29, 1.82) is 0 Å². The van der Waals surface area contributed by atoms with Gasteiger partial charge in [0.1, 0.15) is 11.9 Å². The van der Waals surface area contributed by atoms with Gasteiger partial charge in [-0.3, -0.25) is 28.8 Å². The molecular formula is C25H25NO9. The second-order valence-electron chi connectivity index (χ2n) is 10.1. The normalized spacial score (nSPS) is 36.5. The summed E-state index contributed by atoms with van der Waals surface area (Å²) in [6.45, 7) is 1.70. The Balaban J connectivity index is 1.68. The number of carbonyl (C=O) groups is 6. The highest BCUT2D eigenvalue weighted by atomic mass is 16.5. The molecule has 4 aliphatic carbocycles. The van der Waals surface area contributed by atoms with Crippen LogP contribution in [-0.2, 0) is 28.7 Å². The minimum atomic E-state index is -2.92. The lowest BCUT2D eigenvalue weighted by Gasteiger charge is -2.54. The largest absolute Gasteiger partial charge is 0.507 e. The predicted molar refractivity (Wildman–Crippen MR) is 116 cm³/mol. The van der Waals surface area contributed by atoms with Gasteiger partial charge in [0.05, 0.1) is 17.4 Å². The average Bonchev–Trinajstić information content (AvgIpc) is 2.74. The molecule has 0 saturated heterocycles. The summed E-state index contributed by atoms with van der Waals surface area (Å²) in [5.41, 5.74) is 2.64. The van der Waals surface area contributed by atoms with E-state index >= 15 is 0 Å². The van der Waals surface area contributed by atoms with Gasteiger partial charge < -0.3 is 20.7 Å². The van der Waals surface area contributed by atoms with Crippen LogP contribution in [-0.4, -0.2) is 56.9 Å². The van der Waals surface area contributed by atoms with Gasteiger partial charge in [0.15, 0.2) is 34.7 Å².